The van der Waals surface area contributed by atoms with E-state index in [-0.39, 0.29) is 19.1 Å². The number of primary amides is 1. The second kappa shape index (κ2) is 9.17. The van der Waals surface area contributed by atoms with Crippen molar-refractivity contribution in [2.75, 3.05) is 31.2 Å². The van der Waals surface area contributed by atoms with Crippen LogP contribution >= 0.6 is 11.6 Å². The number of benzene rings is 2. The maximum Gasteiger partial charge on any atom is 0.253 e. The molecule has 2 saturated heterocycles. The van der Waals surface area contributed by atoms with Gasteiger partial charge >= 0.3 is 0 Å². The van der Waals surface area contributed by atoms with Crippen LogP contribution in [0.1, 0.15) is 24.3 Å². The second-order valence-electron chi connectivity index (χ2n) is 8.41. The lowest BCUT2D eigenvalue weighted by Gasteiger charge is -2.36. The van der Waals surface area contributed by atoms with Crippen LogP contribution in [0.5, 0.6) is 0 Å². The summed E-state index contributed by atoms with van der Waals surface area (Å²) < 4.78 is 10.7. The van der Waals surface area contributed by atoms with Crippen LogP contribution in [-0.4, -0.2) is 53.2 Å². The predicted molar refractivity (Wildman–Crippen MR) is 125 cm³/mol. The monoisotopic (exact) mass is 481 g/mol. The molecule has 5 rings (SSSR count). The summed E-state index contributed by atoms with van der Waals surface area (Å²) in [6.07, 6.45) is 1.38. The molecule has 0 spiro atoms. The number of carbonyl (C=O) groups excluding carboxylic acids is 2. The van der Waals surface area contributed by atoms with E-state index in [0.717, 1.165) is 23.2 Å². The molecule has 2 N–H and O–H groups in total. The summed E-state index contributed by atoms with van der Waals surface area (Å²) in [5.74, 6) is 0.333. The van der Waals surface area contributed by atoms with E-state index >= 15 is 0 Å². The lowest BCUT2D eigenvalue weighted by molar-refractivity contribution is -0.129. The number of nitrogens with zero attached hydrogens (tertiary/aromatic N) is 4. The molecule has 1 atom stereocenters. The van der Waals surface area contributed by atoms with Crippen molar-refractivity contribution in [2.45, 2.75) is 24.9 Å². The fourth-order valence-electron chi connectivity index (χ4n) is 4.74. The third kappa shape index (κ3) is 4.06. The highest BCUT2D eigenvalue weighted by atomic mass is 35.5. The minimum atomic E-state index is -0.998. The van der Waals surface area contributed by atoms with E-state index in [4.69, 9.17) is 26.6 Å². The van der Waals surface area contributed by atoms with E-state index < -0.39 is 11.4 Å². The largest absolute Gasteiger partial charge is 0.370 e. The first-order valence-electron chi connectivity index (χ1n) is 11.1. The SMILES string of the molecule is NC(=O)C1(c2ccc(N3CCOCC3=O)cc2)CCCN1Cc1nc(-c2ccc(Cl)cc2)no1. The zero-order valence-corrected chi connectivity index (χ0v) is 19.2. The Hall–Kier alpha value is -3.27. The molecule has 2 fully saturated rings. The Bertz CT molecular complexity index is 1200. The molecule has 2 aromatic carbocycles. The van der Waals surface area contributed by atoms with Gasteiger partial charge in [-0.1, -0.05) is 28.9 Å². The van der Waals surface area contributed by atoms with Gasteiger partial charge in [-0.3, -0.25) is 14.5 Å². The van der Waals surface area contributed by atoms with Crippen LogP contribution in [-0.2, 0) is 26.4 Å². The highest BCUT2D eigenvalue weighted by Crippen LogP contribution is 2.40. The van der Waals surface area contributed by atoms with E-state index in [9.17, 15) is 9.59 Å². The quantitative estimate of drug-likeness (QED) is 0.575. The van der Waals surface area contributed by atoms with Crippen LogP contribution < -0.4 is 10.6 Å². The molecule has 0 bridgehead atoms. The van der Waals surface area contributed by atoms with Crippen molar-refractivity contribution in [1.29, 1.82) is 0 Å². The van der Waals surface area contributed by atoms with Gasteiger partial charge in [-0.25, -0.2) is 0 Å². The number of anilines is 1. The Morgan fingerprint density at radius 1 is 1.12 bits per heavy atom. The molecule has 176 valence electrons. The van der Waals surface area contributed by atoms with Crippen LogP contribution in [0.25, 0.3) is 11.4 Å². The number of rotatable bonds is 6. The number of ether oxygens (including phenoxy) is 1. The number of hydrogen-bond donors (Lipinski definition) is 1. The number of aromatic nitrogens is 2. The van der Waals surface area contributed by atoms with E-state index in [1.54, 1.807) is 17.0 Å². The van der Waals surface area contributed by atoms with Gasteiger partial charge in [-0.15, -0.1) is 0 Å². The van der Waals surface area contributed by atoms with Crippen molar-refractivity contribution in [3.8, 4) is 11.4 Å². The molecule has 9 nitrogen and oxygen atoms in total. The minimum Gasteiger partial charge on any atom is -0.370 e. The lowest BCUT2D eigenvalue weighted by Crippen LogP contribution is -2.51. The number of halogens is 1. The summed E-state index contributed by atoms with van der Waals surface area (Å²) in [6.45, 7) is 2.01. The maximum absolute atomic E-state index is 12.8. The van der Waals surface area contributed by atoms with Crippen molar-refractivity contribution in [3.05, 3.63) is 65.0 Å². The zero-order chi connectivity index (χ0) is 23.7. The predicted octanol–water partition coefficient (Wildman–Crippen LogP) is 2.73. The molecule has 34 heavy (non-hydrogen) atoms. The Morgan fingerprint density at radius 3 is 2.59 bits per heavy atom. The molecule has 0 radical (unpaired) electrons. The minimum absolute atomic E-state index is 0.0724. The highest BCUT2D eigenvalue weighted by molar-refractivity contribution is 6.30. The van der Waals surface area contributed by atoms with Crippen LogP contribution in [0.3, 0.4) is 0 Å². The summed E-state index contributed by atoms with van der Waals surface area (Å²) in [7, 11) is 0. The van der Waals surface area contributed by atoms with Crippen LogP contribution in [0.2, 0.25) is 5.02 Å². The summed E-state index contributed by atoms with van der Waals surface area (Å²) in [5, 5.41) is 4.70. The molecule has 0 saturated carbocycles. The van der Waals surface area contributed by atoms with E-state index in [2.05, 4.69) is 10.1 Å². The normalized spacial score (nSPS) is 21.2. The van der Waals surface area contributed by atoms with Gasteiger partial charge in [0.2, 0.25) is 17.6 Å². The smallest absolute Gasteiger partial charge is 0.253 e. The molecule has 2 aliphatic heterocycles. The number of likely N-dealkylation sites (tertiary alicyclic amines) is 1. The number of nitrogens with two attached hydrogens (primary N) is 1. The zero-order valence-electron chi connectivity index (χ0n) is 18.4. The first-order chi connectivity index (χ1) is 16.5. The number of carbonyl (C=O) groups is 2. The number of amides is 2. The van der Waals surface area contributed by atoms with Crippen molar-refractivity contribution in [2.24, 2.45) is 5.73 Å². The van der Waals surface area contributed by atoms with Crippen LogP contribution in [0, 0.1) is 0 Å². The third-order valence-corrected chi connectivity index (χ3v) is 6.71. The fraction of sp³-hybridized carbons (Fsp3) is 0.333. The van der Waals surface area contributed by atoms with Crippen molar-refractivity contribution < 1.29 is 18.8 Å². The average molecular weight is 482 g/mol. The van der Waals surface area contributed by atoms with Gasteiger partial charge in [0.1, 0.15) is 12.1 Å². The Morgan fingerprint density at radius 2 is 1.88 bits per heavy atom. The Kier molecular flexibility index (Phi) is 6.07. The van der Waals surface area contributed by atoms with Crippen molar-refractivity contribution >= 4 is 29.1 Å². The molecule has 2 amide bonds. The van der Waals surface area contributed by atoms with Crippen LogP contribution in [0.15, 0.2) is 53.1 Å². The Balaban J connectivity index is 1.39. The fourth-order valence-corrected chi connectivity index (χ4v) is 4.87. The molecule has 3 heterocycles. The van der Waals surface area contributed by atoms with Gasteiger partial charge in [0.05, 0.1) is 13.2 Å². The first-order valence-corrected chi connectivity index (χ1v) is 11.5. The van der Waals surface area contributed by atoms with Crippen LogP contribution in [0.4, 0.5) is 5.69 Å². The standard InChI is InChI=1S/C24H24ClN5O4/c25-18-6-2-16(3-7-18)22-27-20(34-28-22)14-29-11-1-10-24(29,23(26)32)17-4-8-19(9-5-17)30-12-13-33-15-21(30)31/h2-9H,1,10-15H2,(H2,26,32). The topological polar surface area (TPSA) is 115 Å². The first kappa shape index (κ1) is 22.5. The highest BCUT2D eigenvalue weighted by Gasteiger charge is 2.48. The lowest BCUT2D eigenvalue weighted by atomic mass is 9.86. The molecule has 1 unspecified atom stereocenters. The van der Waals surface area contributed by atoms with E-state index in [1.165, 1.54) is 0 Å². The molecular weight excluding hydrogens is 458 g/mol. The van der Waals surface area contributed by atoms with Crippen molar-refractivity contribution in [3.63, 3.8) is 0 Å². The summed E-state index contributed by atoms with van der Waals surface area (Å²) in [4.78, 5) is 33.2. The van der Waals surface area contributed by atoms with E-state index in [1.807, 2.05) is 41.3 Å². The van der Waals surface area contributed by atoms with Gasteiger partial charge in [-0.2, -0.15) is 4.98 Å². The molecule has 2 aliphatic rings. The molecule has 10 heteroatoms. The van der Waals surface area contributed by atoms with Gasteiger partial charge < -0.3 is 19.9 Å². The summed E-state index contributed by atoms with van der Waals surface area (Å²) >= 11 is 5.96. The Labute approximate surface area is 201 Å². The average Bonchev–Trinajstić information content (AvgIpc) is 3.48. The molecular formula is C24H24ClN5O4. The van der Waals surface area contributed by atoms with Gasteiger partial charge in [-0.05, 0) is 54.8 Å². The van der Waals surface area contributed by atoms with Crippen molar-refractivity contribution in [1.82, 2.24) is 15.0 Å². The van der Waals surface area contributed by atoms with Gasteiger partial charge in [0.15, 0.2) is 0 Å². The van der Waals surface area contributed by atoms with Gasteiger partial charge in [0, 0.05) is 29.4 Å². The van der Waals surface area contributed by atoms with Gasteiger partial charge in [0.25, 0.3) is 5.91 Å². The maximum atomic E-state index is 12.8. The molecule has 1 aromatic heterocycles. The van der Waals surface area contributed by atoms with E-state index in [0.29, 0.717) is 42.9 Å². The molecule has 3 aromatic rings. The number of morpholine rings is 1. The second-order valence-corrected chi connectivity index (χ2v) is 8.85. The summed E-state index contributed by atoms with van der Waals surface area (Å²) in [5.41, 5.74) is 7.32. The third-order valence-electron chi connectivity index (χ3n) is 6.45. The summed E-state index contributed by atoms with van der Waals surface area (Å²) in [6, 6.07) is 14.6. The number of hydrogen-bond acceptors (Lipinski definition) is 7. The molecule has 0 aliphatic carbocycles.